The maximum Gasteiger partial charge on any atom is 0.253 e. The van der Waals surface area contributed by atoms with Gasteiger partial charge >= 0.3 is 0 Å². The molecule has 27 heavy (non-hydrogen) atoms. The smallest absolute Gasteiger partial charge is 0.253 e. The van der Waals surface area contributed by atoms with Gasteiger partial charge in [-0.15, -0.1) is 0 Å². The Balaban J connectivity index is 1.52. The lowest BCUT2D eigenvalue weighted by atomic mass is 10.1. The van der Waals surface area contributed by atoms with Crippen LogP contribution in [0.2, 0.25) is 5.02 Å². The summed E-state index contributed by atoms with van der Waals surface area (Å²) in [6.07, 6.45) is 4.99. The van der Waals surface area contributed by atoms with Crippen molar-refractivity contribution in [1.29, 1.82) is 0 Å². The predicted octanol–water partition coefficient (Wildman–Crippen LogP) is 4.04. The van der Waals surface area contributed by atoms with Crippen LogP contribution in [0.4, 0.5) is 0 Å². The second-order valence-electron chi connectivity index (χ2n) is 6.84. The van der Waals surface area contributed by atoms with Crippen LogP contribution in [0.15, 0.2) is 42.6 Å². The number of aryl methyl sites for hydroxylation is 1. The monoisotopic (exact) mass is 388 g/mol. The molecule has 1 aromatic heterocycles. The highest BCUT2D eigenvalue weighted by Crippen LogP contribution is 2.25. The minimum atomic E-state index is -0.178. The summed E-state index contributed by atoms with van der Waals surface area (Å²) in [5.41, 5.74) is 1.70. The summed E-state index contributed by atoms with van der Waals surface area (Å²) in [5, 5.41) is 3.35. The Morgan fingerprint density at radius 1 is 1.33 bits per heavy atom. The van der Waals surface area contributed by atoms with Gasteiger partial charge in [-0.05, 0) is 31.4 Å². The zero-order valence-electron chi connectivity index (χ0n) is 15.5. The van der Waals surface area contributed by atoms with Crippen molar-refractivity contribution in [2.75, 3.05) is 13.2 Å². The fourth-order valence-corrected chi connectivity index (χ4v) is 3.21. The molecule has 1 amide bonds. The second-order valence-corrected chi connectivity index (χ2v) is 7.25. The number of benzene rings is 1. The van der Waals surface area contributed by atoms with E-state index in [1.54, 1.807) is 6.07 Å². The van der Waals surface area contributed by atoms with Crippen LogP contribution in [0.3, 0.4) is 0 Å². The first-order valence-corrected chi connectivity index (χ1v) is 9.74. The van der Waals surface area contributed by atoms with Gasteiger partial charge in [0.2, 0.25) is 5.88 Å². The van der Waals surface area contributed by atoms with Crippen LogP contribution >= 0.6 is 11.6 Å². The zero-order valence-corrected chi connectivity index (χ0v) is 16.2. The first kappa shape index (κ1) is 19.6. The number of hydrogen-bond acceptors (Lipinski definition) is 4. The fraction of sp³-hybridized carbons (Fsp3) is 0.429. The van der Waals surface area contributed by atoms with Gasteiger partial charge in [0.25, 0.3) is 5.91 Å². The maximum atomic E-state index is 12.5. The Bertz CT molecular complexity index is 748. The quantitative estimate of drug-likeness (QED) is 0.777. The average Bonchev–Trinajstić information content (AvgIpc) is 2.69. The third-order valence-electron chi connectivity index (χ3n) is 4.60. The Kier molecular flexibility index (Phi) is 7.07. The first-order valence-electron chi connectivity index (χ1n) is 9.36. The van der Waals surface area contributed by atoms with Crippen molar-refractivity contribution in [3.05, 3.63) is 58.7 Å². The van der Waals surface area contributed by atoms with Crippen LogP contribution < -0.4 is 10.1 Å². The van der Waals surface area contributed by atoms with Gasteiger partial charge in [-0.2, -0.15) is 0 Å². The van der Waals surface area contributed by atoms with Crippen molar-refractivity contribution in [1.82, 2.24) is 10.3 Å². The number of aromatic nitrogens is 1. The van der Waals surface area contributed by atoms with Crippen LogP contribution in [0.25, 0.3) is 0 Å². The summed E-state index contributed by atoms with van der Waals surface area (Å²) in [6.45, 7) is 3.37. The van der Waals surface area contributed by atoms with E-state index in [9.17, 15) is 4.79 Å². The van der Waals surface area contributed by atoms with Crippen molar-refractivity contribution < 1.29 is 14.3 Å². The summed E-state index contributed by atoms with van der Waals surface area (Å²) in [7, 11) is 0. The van der Waals surface area contributed by atoms with Gasteiger partial charge in [0.1, 0.15) is 11.1 Å². The van der Waals surface area contributed by atoms with Gasteiger partial charge in [0, 0.05) is 25.1 Å². The van der Waals surface area contributed by atoms with Crippen molar-refractivity contribution in [2.45, 2.75) is 44.8 Å². The van der Waals surface area contributed by atoms with E-state index in [1.165, 1.54) is 11.8 Å². The molecule has 0 aliphatic carbocycles. The molecule has 144 valence electrons. The Morgan fingerprint density at radius 2 is 2.07 bits per heavy atom. The molecular weight excluding hydrogens is 364 g/mol. The van der Waals surface area contributed by atoms with E-state index in [1.807, 2.05) is 25.1 Å². The second kappa shape index (κ2) is 9.72. The summed E-state index contributed by atoms with van der Waals surface area (Å²) in [6, 6.07) is 11.9. The topological polar surface area (TPSA) is 60.5 Å². The molecule has 1 aliphatic heterocycles. The summed E-state index contributed by atoms with van der Waals surface area (Å²) < 4.78 is 11.2. The van der Waals surface area contributed by atoms with Gasteiger partial charge < -0.3 is 14.8 Å². The van der Waals surface area contributed by atoms with Crippen LogP contribution in [0, 0.1) is 0 Å². The third kappa shape index (κ3) is 5.94. The minimum absolute atomic E-state index is 0.0506. The SMILES string of the molecule is C[C@@H](CCc1ccccc1)NC(=O)c1cnc(OC2CCOCC2)c(Cl)c1. The number of rotatable bonds is 7. The number of amides is 1. The number of hydrogen-bond donors (Lipinski definition) is 1. The third-order valence-corrected chi connectivity index (χ3v) is 4.87. The molecule has 2 aromatic rings. The Morgan fingerprint density at radius 3 is 2.78 bits per heavy atom. The maximum absolute atomic E-state index is 12.5. The molecular formula is C21H25ClN2O3. The fourth-order valence-electron chi connectivity index (χ4n) is 3.00. The molecule has 1 aromatic carbocycles. The van der Waals surface area contributed by atoms with Crippen molar-refractivity contribution >= 4 is 17.5 Å². The van der Waals surface area contributed by atoms with E-state index in [2.05, 4.69) is 22.4 Å². The lowest BCUT2D eigenvalue weighted by Gasteiger charge is -2.23. The van der Waals surface area contributed by atoms with Gasteiger partial charge in [-0.3, -0.25) is 4.79 Å². The molecule has 1 saturated heterocycles. The number of carbonyl (C=O) groups is 1. The molecule has 6 heteroatoms. The lowest BCUT2D eigenvalue weighted by molar-refractivity contribution is 0.0238. The number of nitrogens with one attached hydrogen (secondary N) is 1. The molecule has 1 fully saturated rings. The van der Waals surface area contributed by atoms with Gasteiger partial charge in [-0.1, -0.05) is 41.9 Å². The highest BCUT2D eigenvalue weighted by atomic mass is 35.5. The Hall–Kier alpha value is -2.11. The molecule has 0 spiro atoms. The van der Waals surface area contributed by atoms with Gasteiger partial charge in [0.05, 0.1) is 18.8 Å². The predicted molar refractivity (Wildman–Crippen MR) is 105 cm³/mol. The van der Waals surface area contributed by atoms with E-state index in [4.69, 9.17) is 21.1 Å². The molecule has 2 heterocycles. The zero-order chi connectivity index (χ0) is 19.1. The van der Waals surface area contributed by atoms with Crippen molar-refractivity contribution in [2.24, 2.45) is 0 Å². The number of pyridine rings is 1. The normalized spacial score (nSPS) is 15.9. The van der Waals surface area contributed by atoms with Gasteiger partial charge in [-0.25, -0.2) is 4.98 Å². The summed E-state index contributed by atoms with van der Waals surface area (Å²) in [4.78, 5) is 16.7. The van der Waals surface area contributed by atoms with Crippen LogP contribution in [0.1, 0.15) is 42.1 Å². The Labute approximate surface area is 165 Å². The van der Waals surface area contributed by atoms with E-state index in [-0.39, 0.29) is 18.1 Å². The number of carbonyl (C=O) groups excluding carboxylic acids is 1. The number of ether oxygens (including phenoxy) is 2. The standard InChI is InChI=1S/C21H25ClN2O3/c1-15(7-8-16-5-3-2-4-6-16)24-20(25)17-13-19(22)21(23-14-17)27-18-9-11-26-12-10-18/h2-6,13-15,18H,7-12H2,1H3,(H,24,25)/t15-/m0/s1. The minimum Gasteiger partial charge on any atom is -0.473 e. The van der Waals surface area contributed by atoms with E-state index >= 15 is 0 Å². The molecule has 1 N–H and O–H groups in total. The van der Waals surface area contributed by atoms with Crippen molar-refractivity contribution in [3.63, 3.8) is 0 Å². The lowest BCUT2D eigenvalue weighted by Crippen LogP contribution is -2.33. The number of halogens is 1. The van der Waals surface area contributed by atoms with E-state index in [0.717, 1.165) is 25.7 Å². The number of nitrogens with zero attached hydrogens (tertiary/aromatic N) is 1. The molecule has 1 atom stereocenters. The van der Waals surface area contributed by atoms with Crippen LogP contribution in [0.5, 0.6) is 5.88 Å². The van der Waals surface area contributed by atoms with Gasteiger partial charge in [0.15, 0.2) is 0 Å². The van der Waals surface area contributed by atoms with E-state index < -0.39 is 0 Å². The highest BCUT2D eigenvalue weighted by molar-refractivity contribution is 6.32. The molecule has 0 bridgehead atoms. The highest BCUT2D eigenvalue weighted by Gasteiger charge is 2.19. The average molecular weight is 389 g/mol. The van der Waals surface area contributed by atoms with Crippen LogP contribution in [-0.2, 0) is 11.2 Å². The molecule has 5 nitrogen and oxygen atoms in total. The van der Waals surface area contributed by atoms with Crippen molar-refractivity contribution in [3.8, 4) is 5.88 Å². The largest absolute Gasteiger partial charge is 0.473 e. The first-order chi connectivity index (χ1) is 13.1. The molecule has 0 radical (unpaired) electrons. The molecule has 0 unspecified atom stereocenters. The molecule has 1 aliphatic rings. The molecule has 3 rings (SSSR count). The van der Waals surface area contributed by atoms with Crippen LogP contribution in [-0.4, -0.2) is 36.3 Å². The molecule has 0 saturated carbocycles. The summed E-state index contributed by atoms with van der Waals surface area (Å²) >= 11 is 6.27. The van der Waals surface area contributed by atoms with E-state index in [0.29, 0.717) is 29.7 Å². The summed E-state index contributed by atoms with van der Waals surface area (Å²) in [5.74, 6) is 0.194.